The monoisotopic (exact) mass is 256 g/mol. The summed E-state index contributed by atoms with van der Waals surface area (Å²) in [5.41, 5.74) is 0. The molecule has 0 aromatic carbocycles. The number of nitrogens with one attached hydrogen (secondary N) is 2. The quantitative estimate of drug-likeness (QED) is 0.654. The second-order valence-electron chi connectivity index (χ2n) is 5.60. The van der Waals surface area contributed by atoms with Crippen LogP contribution in [0.1, 0.15) is 41.5 Å². The summed E-state index contributed by atoms with van der Waals surface area (Å²) in [6, 6.07) is 0.0170. The van der Waals surface area contributed by atoms with Gasteiger partial charge in [0.1, 0.15) is 5.78 Å². The topological polar surface area (TPSA) is 58.2 Å². The Bertz CT molecular complexity index is 275. The predicted octanol–water partition coefficient (Wildman–Crippen LogP) is 1.39. The van der Waals surface area contributed by atoms with Gasteiger partial charge in [0.05, 0.1) is 19.1 Å². The molecule has 0 fully saturated rings. The highest BCUT2D eigenvalue weighted by Crippen LogP contribution is 2.09. The zero-order chi connectivity index (χ0) is 14.3. The second-order valence-corrected chi connectivity index (χ2v) is 5.60. The first-order valence-corrected chi connectivity index (χ1v) is 6.77. The number of hydrogen-bond donors (Lipinski definition) is 2. The van der Waals surface area contributed by atoms with Gasteiger partial charge in [0.15, 0.2) is 5.78 Å². The minimum Gasteiger partial charge on any atom is -0.308 e. The highest BCUT2D eigenvalue weighted by molar-refractivity contribution is 5.87. The zero-order valence-electron chi connectivity index (χ0n) is 12.5. The molecule has 2 unspecified atom stereocenters. The van der Waals surface area contributed by atoms with Gasteiger partial charge in [-0.25, -0.2) is 0 Å². The minimum atomic E-state index is -0.278. The average Bonchev–Trinajstić information content (AvgIpc) is 2.30. The Morgan fingerprint density at radius 2 is 1.33 bits per heavy atom. The van der Waals surface area contributed by atoms with E-state index < -0.39 is 0 Å². The third kappa shape index (κ3) is 6.87. The Kier molecular flexibility index (Phi) is 8.03. The molecule has 4 heteroatoms. The average molecular weight is 256 g/mol. The van der Waals surface area contributed by atoms with Crippen LogP contribution in [-0.4, -0.2) is 36.7 Å². The fourth-order valence-corrected chi connectivity index (χ4v) is 1.36. The molecule has 2 atom stereocenters. The lowest BCUT2D eigenvalue weighted by Crippen LogP contribution is -2.43. The Balaban J connectivity index is 3.99. The lowest BCUT2D eigenvalue weighted by molar-refractivity contribution is -0.123. The molecule has 4 nitrogen and oxygen atoms in total. The Morgan fingerprint density at radius 3 is 1.78 bits per heavy atom. The van der Waals surface area contributed by atoms with Crippen molar-refractivity contribution in [3.05, 3.63) is 0 Å². The van der Waals surface area contributed by atoms with E-state index in [-0.39, 0.29) is 30.1 Å². The molecule has 0 heterocycles. The molecule has 0 aromatic rings. The van der Waals surface area contributed by atoms with Gasteiger partial charge in [-0.05, 0) is 12.8 Å². The summed E-state index contributed by atoms with van der Waals surface area (Å²) in [5.74, 6) is 0.636. The van der Waals surface area contributed by atoms with Crippen LogP contribution >= 0.6 is 0 Å². The van der Waals surface area contributed by atoms with Crippen molar-refractivity contribution in [3.8, 4) is 0 Å². The molecular formula is C14H28N2O2. The highest BCUT2D eigenvalue weighted by Gasteiger charge is 2.19. The van der Waals surface area contributed by atoms with Crippen LogP contribution in [0.25, 0.3) is 0 Å². The molecule has 0 bridgehead atoms. The molecule has 0 radical (unpaired) electrons. The van der Waals surface area contributed by atoms with Crippen molar-refractivity contribution >= 4 is 11.6 Å². The lowest BCUT2D eigenvalue weighted by Gasteiger charge is -2.17. The molecule has 2 N–H and O–H groups in total. The molecule has 0 saturated heterocycles. The lowest BCUT2D eigenvalue weighted by atomic mass is 9.93. The van der Waals surface area contributed by atoms with Crippen molar-refractivity contribution in [1.82, 2.24) is 10.6 Å². The van der Waals surface area contributed by atoms with Gasteiger partial charge in [-0.3, -0.25) is 9.59 Å². The summed E-state index contributed by atoms with van der Waals surface area (Å²) in [5, 5.41) is 6.08. The van der Waals surface area contributed by atoms with E-state index in [9.17, 15) is 9.59 Å². The number of carbonyl (C=O) groups is 2. The van der Waals surface area contributed by atoms with Crippen LogP contribution in [0.2, 0.25) is 0 Å². The second kappa shape index (κ2) is 8.38. The Labute approximate surface area is 111 Å². The van der Waals surface area contributed by atoms with Crippen LogP contribution in [0.4, 0.5) is 0 Å². The highest BCUT2D eigenvalue weighted by atomic mass is 16.1. The van der Waals surface area contributed by atoms with E-state index in [0.717, 1.165) is 0 Å². The van der Waals surface area contributed by atoms with Crippen LogP contribution in [0.3, 0.4) is 0 Å². The molecule has 0 amide bonds. The van der Waals surface area contributed by atoms with Crippen LogP contribution in [0, 0.1) is 11.8 Å². The molecule has 106 valence electrons. The minimum absolute atomic E-state index is 0.0357. The molecule has 0 aliphatic rings. The van der Waals surface area contributed by atoms with E-state index in [0.29, 0.717) is 18.5 Å². The molecular weight excluding hydrogens is 228 g/mol. The Hall–Kier alpha value is -0.740. The standard InChI is InChI=1S/C14H28N2O2/c1-9(2)11(5)13(17)7-16-12(6)14(18)8-15-10(3)4/h9-12,15-16H,7-8H2,1-6H3. The van der Waals surface area contributed by atoms with Gasteiger partial charge in [0.2, 0.25) is 0 Å². The zero-order valence-corrected chi connectivity index (χ0v) is 12.5. The van der Waals surface area contributed by atoms with Gasteiger partial charge in [-0.2, -0.15) is 0 Å². The number of carbonyl (C=O) groups excluding carboxylic acids is 2. The smallest absolute Gasteiger partial charge is 0.163 e. The first kappa shape index (κ1) is 17.3. The van der Waals surface area contributed by atoms with Crippen molar-refractivity contribution < 1.29 is 9.59 Å². The maximum Gasteiger partial charge on any atom is 0.163 e. The van der Waals surface area contributed by atoms with Crippen molar-refractivity contribution in [2.24, 2.45) is 11.8 Å². The fourth-order valence-electron chi connectivity index (χ4n) is 1.36. The van der Waals surface area contributed by atoms with Crippen LogP contribution < -0.4 is 10.6 Å². The van der Waals surface area contributed by atoms with Crippen LogP contribution in [0.15, 0.2) is 0 Å². The molecule has 0 rings (SSSR count). The van der Waals surface area contributed by atoms with Gasteiger partial charge >= 0.3 is 0 Å². The molecule has 0 aromatic heterocycles. The van der Waals surface area contributed by atoms with E-state index in [1.54, 1.807) is 6.92 Å². The molecule has 0 spiro atoms. The van der Waals surface area contributed by atoms with E-state index in [1.807, 2.05) is 34.6 Å². The fraction of sp³-hybridized carbons (Fsp3) is 0.857. The molecule has 0 aliphatic heterocycles. The molecule has 0 saturated carbocycles. The first-order valence-electron chi connectivity index (χ1n) is 6.77. The van der Waals surface area contributed by atoms with E-state index in [4.69, 9.17) is 0 Å². The molecule has 18 heavy (non-hydrogen) atoms. The van der Waals surface area contributed by atoms with Gasteiger partial charge < -0.3 is 10.6 Å². The summed E-state index contributed by atoms with van der Waals surface area (Å²) < 4.78 is 0. The van der Waals surface area contributed by atoms with Gasteiger partial charge in [-0.15, -0.1) is 0 Å². The molecule has 0 aliphatic carbocycles. The summed E-state index contributed by atoms with van der Waals surface area (Å²) in [6.07, 6.45) is 0. The van der Waals surface area contributed by atoms with Crippen LogP contribution in [0.5, 0.6) is 0 Å². The predicted molar refractivity (Wildman–Crippen MR) is 74.6 cm³/mol. The maximum absolute atomic E-state index is 11.8. The number of Topliss-reactive ketones (excluding diaryl/α,β-unsaturated/α-hetero) is 2. The summed E-state index contributed by atoms with van der Waals surface area (Å²) in [4.78, 5) is 23.5. The summed E-state index contributed by atoms with van der Waals surface area (Å²) in [7, 11) is 0. The Morgan fingerprint density at radius 1 is 0.833 bits per heavy atom. The first-order chi connectivity index (χ1) is 8.25. The largest absolute Gasteiger partial charge is 0.308 e. The van der Waals surface area contributed by atoms with E-state index >= 15 is 0 Å². The van der Waals surface area contributed by atoms with E-state index in [1.165, 1.54) is 0 Å². The summed E-state index contributed by atoms with van der Waals surface area (Å²) in [6.45, 7) is 12.4. The third-order valence-electron chi connectivity index (χ3n) is 3.26. The van der Waals surface area contributed by atoms with Crippen molar-refractivity contribution in [1.29, 1.82) is 0 Å². The normalized spacial score (nSPS) is 14.9. The van der Waals surface area contributed by atoms with Gasteiger partial charge in [0, 0.05) is 12.0 Å². The van der Waals surface area contributed by atoms with Crippen LogP contribution in [-0.2, 0) is 9.59 Å². The van der Waals surface area contributed by atoms with Gasteiger partial charge in [-0.1, -0.05) is 34.6 Å². The number of rotatable bonds is 9. The van der Waals surface area contributed by atoms with Crippen molar-refractivity contribution in [3.63, 3.8) is 0 Å². The number of ketones is 2. The van der Waals surface area contributed by atoms with Gasteiger partial charge in [0.25, 0.3) is 0 Å². The number of hydrogen-bond acceptors (Lipinski definition) is 4. The SMILES string of the molecule is CC(C)NCC(=O)C(C)NCC(=O)C(C)C(C)C. The maximum atomic E-state index is 11.8. The summed E-state index contributed by atoms with van der Waals surface area (Å²) >= 11 is 0. The third-order valence-corrected chi connectivity index (χ3v) is 3.26. The van der Waals surface area contributed by atoms with Crippen molar-refractivity contribution in [2.75, 3.05) is 13.1 Å². The van der Waals surface area contributed by atoms with Crippen molar-refractivity contribution in [2.45, 2.75) is 53.6 Å². The van der Waals surface area contributed by atoms with E-state index in [2.05, 4.69) is 10.6 Å².